The molecule has 0 aromatic heterocycles. The van der Waals surface area contributed by atoms with Crippen LogP contribution < -0.4 is 0 Å². The molecule has 0 saturated heterocycles. The third-order valence-corrected chi connectivity index (χ3v) is 1.11. The van der Waals surface area contributed by atoms with Gasteiger partial charge in [0.25, 0.3) is 0 Å². The zero-order valence-corrected chi connectivity index (χ0v) is 7.16. The maximum Gasteiger partial charge on any atom is 0.141 e. The molecular formula is C10H14O2. The molecule has 0 saturated carbocycles. The van der Waals surface area contributed by atoms with E-state index in [-0.39, 0.29) is 6.10 Å². The first-order valence-electron chi connectivity index (χ1n) is 3.72. The van der Waals surface area contributed by atoms with Gasteiger partial charge in [0.1, 0.15) is 6.10 Å². The van der Waals surface area contributed by atoms with E-state index < -0.39 is 0 Å². The second kappa shape index (κ2) is 8.06. The summed E-state index contributed by atoms with van der Waals surface area (Å²) in [4.78, 5) is 0. The summed E-state index contributed by atoms with van der Waals surface area (Å²) < 4.78 is 10.3. The monoisotopic (exact) mass is 166 g/mol. The second-order valence-corrected chi connectivity index (χ2v) is 2.10. The summed E-state index contributed by atoms with van der Waals surface area (Å²) in [6, 6.07) is 0. The number of ether oxygens (including phenoxy) is 2. The molecule has 2 heteroatoms. The van der Waals surface area contributed by atoms with Crippen molar-refractivity contribution in [2.24, 2.45) is 0 Å². The molecule has 0 aromatic rings. The Bertz CT molecular complexity index is 167. The van der Waals surface area contributed by atoms with Gasteiger partial charge in [-0.3, -0.25) is 0 Å². The van der Waals surface area contributed by atoms with Crippen molar-refractivity contribution in [3.63, 3.8) is 0 Å². The van der Waals surface area contributed by atoms with Crippen LogP contribution in [0.2, 0.25) is 0 Å². The van der Waals surface area contributed by atoms with Crippen LogP contribution in [0.15, 0.2) is 25.3 Å². The van der Waals surface area contributed by atoms with Gasteiger partial charge in [-0.05, 0) is 0 Å². The fourth-order valence-corrected chi connectivity index (χ4v) is 0.587. The van der Waals surface area contributed by atoms with E-state index in [1.807, 2.05) is 0 Å². The van der Waals surface area contributed by atoms with Crippen LogP contribution in [0.5, 0.6) is 0 Å². The van der Waals surface area contributed by atoms with Gasteiger partial charge in [-0.25, -0.2) is 0 Å². The molecule has 0 rings (SSSR count). The number of rotatable bonds is 7. The summed E-state index contributed by atoms with van der Waals surface area (Å²) in [6.45, 7) is 8.37. The molecule has 0 aliphatic heterocycles. The van der Waals surface area contributed by atoms with E-state index in [0.29, 0.717) is 19.8 Å². The molecule has 0 radical (unpaired) electrons. The van der Waals surface area contributed by atoms with Crippen molar-refractivity contribution >= 4 is 0 Å². The molecule has 12 heavy (non-hydrogen) atoms. The van der Waals surface area contributed by atoms with Gasteiger partial charge in [0, 0.05) is 0 Å². The van der Waals surface area contributed by atoms with Crippen LogP contribution in [0.25, 0.3) is 0 Å². The second-order valence-electron chi connectivity index (χ2n) is 2.10. The Labute approximate surface area is 73.9 Å². The van der Waals surface area contributed by atoms with Crippen molar-refractivity contribution in [1.29, 1.82) is 0 Å². The van der Waals surface area contributed by atoms with Crippen molar-refractivity contribution in [2.75, 3.05) is 19.8 Å². The average Bonchev–Trinajstić information content (AvgIpc) is 2.11. The molecule has 0 heterocycles. The van der Waals surface area contributed by atoms with Crippen molar-refractivity contribution in [2.45, 2.75) is 6.10 Å². The van der Waals surface area contributed by atoms with Crippen molar-refractivity contribution in [3.8, 4) is 12.3 Å². The molecule has 0 amide bonds. The molecule has 0 N–H and O–H groups in total. The lowest BCUT2D eigenvalue weighted by Crippen LogP contribution is -2.17. The van der Waals surface area contributed by atoms with E-state index >= 15 is 0 Å². The maximum absolute atomic E-state index is 5.18. The molecule has 0 spiro atoms. The molecule has 0 fully saturated rings. The first kappa shape index (κ1) is 11.0. The highest BCUT2D eigenvalue weighted by atomic mass is 16.5. The highest BCUT2D eigenvalue weighted by molar-refractivity contribution is 4.95. The van der Waals surface area contributed by atoms with Crippen LogP contribution in [-0.4, -0.2) is 25.9 Å². The molecule has 0 aliphatic rings. The van der Waals surface area contributed by atoms with Gasteiger partial charge in [0.05, 0.1) is 19.8 Å². The first-order valence-corrected chi connectivity index (χ1v) is 3.72. The van der Waals surface area contributed by atoms with Crippen LogP contribution >= 0.6 is 0 Å². The molecular weight excluding hydrogens is 152 g/mol. The van der Waals surface area contributed by atoms with E-state index in [9.17, 15) is 0 Å². The highest BCUT2D eigenvalue weighted by Gasteiger charge is 2.02. The minimum absolute atomic E-state index is 0.289. The van der Waals surface area contributed by atoms with Crippen LogP contribution in [-0.2, 0) is 9.47 Å². The molecule has 0 bridgehead atoms. The summed E-state index contributed by atoms with van der Waals surface area (Å²) in [6.07, 6.45) is 8.21. The fraction of sp³-hybridized carbons (Fsp3) is 0.400. The van der Waals surface area contributed by atoms with Gasteiger partial charge in [-0.15, -0.1) is 19.6 Å². The van der Waals surface area contributed by atoms with Gasteiger partial charge >= 0.3 is 0 Å². The van der Waals surface area contributed by atoms with Crippen molar-refractivity contribution in [1.82, 2.24) is 0 Å². The summed E-state index contributed by atoms with van der Waals surface area (Å²) in [5.41, 5.74) is 0. The Kier molecular flexibility index (Phi) is 7.36. The summed E-state index contributed by atoms with van der Waals surface area (Å²) in [5, 5.41) is 0. The van der Waals surface area contributed by atoms with Gasteiger partial charge in [-0.1, -0.05) is 18.1 Å². The van der Waals surface area contributed by atoms with Gasteiger partial charge in [0.2, 0.25) is 0 Å². The Morgan fingerprint density at radius 2 is 2.00 bits per heavy atom. The molecule has 1 unspecified atom stereocenters. The highest BCUT2D eigenvalue weighted by Crippen LogP contribution is 1.91. The van der Waals surface area contributed by atoms with Gasteiger partial charge in [-0.2, -0.15) is 0 Å². The number of terminal acetylenes is 1. The van der Waals surface area contributed by atoms with E-state index in [2.05, 4.69) is 19.1 Å². The molecule has 1 atom stereocenters. The van der Waals surface area contributed by atoms with Gasteiger partial charge < -0.3 is 9.47 Å². The molecule has 66 valence electrons. The van der Waals surface area contributed by atoms with Crippen LogP contribution in [0.1, 0.15) is 0 Å². The minimum Gasteiger partial charge on any atom is -0.374 e. The predicted molar refractivity (Wildman–Crippen MR) is 49.8 cm³/mol. The van der Waals surface area contributed by atoms with Crippen molar-refractivity contribution in [3.05, 3.63) is 25.3 Å². The van der Waals surface area contributed by atoms with Crippen LogP contribution in [0, 0.1) is 12.3 Å². The Morgan fingerprint density at radius 3 is 2.50 bits per heavy atom. The Hall–Kier alpha value is -1.04. The lowest BCUT2D eigenvalue weighted by Gasteiger charge is -2.09. The van der Waals surface area contributed by atoms with Gasteiger partial charge in [0.15, 0.2) is 0 Å². The van der Waals surface area contributed by atoms with E-state index in [1.54, 1.807) is 12.2 Å². The van der Waals surface area contributed by atoms with E-state index in [1.165, 1.54) is 0 Å². The predicted octanol–water partition coefficient (Wildman–Crippen LogP) is 1.39. The SMILES string of the molecule is C#CC(COCC=C)OCC=C. The first-order chi connectivity index (χ1) is 5.85. The maximum atomic E-state index is 5.18. The number of hydrogen-bond acceptors (Lipinski definition) is 2. The summed E-state index contributed by atoms with van der Waals surface area (Å²) >= 11 is 0. The quantitative estimate of drug-likeness (QED) is 0.323. The topological polar surface area (TPSA) is 18.5 Å². The third-order valence-electron chi connectivity index (χ3n) is 1.11. The molecule has 0 aliphatic carbocycles. The largest absolute Gasteiger partial charge is 0.374 e. The lowest BCUT2D eigenvalue weighted by molar-refractivity contribution is 0.0339. The molecule has 2 nitrogen and oxygen atoms in total. The minimum atomic E-state index is -0.289. The standard InChI is InChI=1S/C10H14O2/c1-4-7-11-9-10(6-3)12-8-5-2/h3-5,10H,1-2,7-9H2. The normalized spacial score (nSPS) is 11.6. The zero-order chi connectivity index (χ0) is 9.23. The summed E-state index contributed by atoms with van der Waals surface area (Å²) in [7, 11) is 0. The third kappa shape index (κ3) is 5.72. The lowest BCUT2D eigenvalue weighted by atomic mass is 10.4. The average molecular weight is 166 g/mol. The Morgan fingerprint density at radius 1 is 1.33 bits per heavy atom. The van der Waals surface area contributed by atoms with E-state index in [4.69, 9.17) is 15.9 Å². The summed E-state index contributed by atoms with van der Waals surface area (Å²) in [5.74, 6) is 2.47. The van der Waals surface area contributed by atoms with Crippen LogP contribution in [0.3, 0.4) is 0 Å². The fourth-order valence-electron chi connectivity index (χ4n) is 0.587. The molecule has 0 aromatic carbocycles. The van der Waals surface area contributed by atoms with Crippen LogP contribution in [0.4, 0.5) is 0 Å². The van der Waals surface area contributed by atoms with Crippen molar-refractivity contribution < 1.29 is 9.47 Å². The zero-order valence-electron chi connectivity index (χ0n) is 7.16. The van der Waals surface area contributed by atoms with E-state index in [0.717, 1.165) is 0 Å². The number of hydrogen-bond donors (Lipinski definition) is 0. The smallest absolute Gasteiger partial charge is 0.141 e. The Balaban J connectivity index is 3.47.